The van der Waals surface area contributed by atoms with Crippen molar-refractivity contribution < 1.29 is 13.2 Å². The molecule has 0 saturated carbocycles. The second-order valence-electron chi connectivity index (χ2n) is 3.93. The van der Waals surface area contributed by atoms with Crippen molar-refractivity contribution in [2.24, 2.45) is 5.92 Å². The van der Waals surface area contributed by atoms with Gasteiger partial charge in [0.15, 0.2) is 0 Å². The van der Waals surface area contributed by atoms with E-state index in [0.717, 1.165) is 0 Å². The third-order valence-corrected chi connectivity index (χ3v) is 2.71. The molecule has 0 unspecified atom stereocenters. The van der Waals surface area contributed by atoms with Gasteiger partial charge in [0, 0.05) is 13.1 Å². The molecule has 16 heavy (non-hydrogen) atoms. The van der Waals surface area contributed by atoms with Gasteiger partial charge < -0.3 is 4.90 Å². The summed E-state index contributed by atoms with van der Waals surface area (Å²) in [6, 6.07) is 0. The SMILES string of the molecule is Cc1nnc(N2CC(C(F)(F)F)C2)nc1C. The van der Waals surface area contributed by atoms with Gasteiger partial charge in [-0.15, -0.1) is 5.10 Å². The molecule has 1 aliphatic rings. The van der Waals surface area contributed by atoms with Crippen LogP contribution < -0.4 is 4.90 Å². The summed E-state index contributed by atoms with van der Waals surface area (Å²) in [6.45, 7) is 3.36. The van der Waals surface area contributed by atoms with Crippen molar-refractivity contribution in [3.8, 4) is 0 Å². The summed E-state index contributed by atoms with van der Waals surface area (Å²) in [5.74, 6) is -0.985. The van der Waals surface area contributed by atoms with E-state index in [-0.39, 0.29) is 19.0 Å². The lowest BCUT2D eigenvalue weighted by molar-refractivity contribution is -0.180. The highest BCUT2D eigenvalue weighted by atomic mass is 19.4. The summed E-state index contributed by atoms with van der Waals surface area (Å²) in [7, 11) is 0. The van der Waals surface area contributed by atoms with E-state index in [2.05, 4.69) is 15.2 Å². The first-order valence-electron chi connectivity index (χ1n) is 4.87. The maximum atomic E-state index is 12.3. The molecule has 4 nitrogen and oxygen atoms in total. The molecule has 0 spiro atoms. The van der Waals surface area contributed by atoms with Crippen LogP contribution in [0.5, 0.6) is 0 Å². The number of aromatic nitrogens is 3. The van der Waals surface area contributed by atoms with Crippen LogP contribution in [-0.2, 0) is 0 Å². The Labute approximate surface area is 90.5 Å². The third-order valence-electron chi connectivity index (χ3n) is 2.71. The van der Waals surface area contributed by atoms with Gasteiger partial charge in [-0.1, -0.05) is 0 Å². The fraction of sp³-hybridized carbons (Fsp3) is 0.667. The fourth-order valence-corrected chi connectivity index (χ4v) is 1.43. The molecule has 0 amide bonds. The normalized spacial score (nSPS) is 17.4. The topological polar surface area (TPSA) is 41.9 Å². The van der Waals surface area contributed by atoms with Crippen LogP contribution in [-0.4, -0.2) is 34.4 Å². The minimum atomic E-state index is -4.12. The van der Waals surface area contributed by atoms with Gasteiger partial charge in [0.25, 0.3) is 0 Å². The molecule has 88 valence electrons. The first-order valence-corrected chi connectivity index (χ1v) is 4.87. The Bertz CT molecular complexity index is 398. The van der Waals surface area contributed by atoms with Crippen LogP contribution in [0.3, 0.4) is 0 Å². The zero-order valence-corrected chi connectivity index (χ0v) is 8.91. The molecular weight excluding hydrogens is 221 g/mol. The molecule has 0 bridgehead atoms. The molecule has 1 saturated heterocycles. The molecule has 0 aromatic carbocycles. The maximum absolute atomic E-state index is 12.3. The van der Waals surface area contributed by atoms with Crippen molar-refractivity contribution in [3.63, 3.8) is 0 Å². The third kappa shape index (κ3) is 1.94. The van der Waals surface area contributed by atoms with Gasteiger partial charge in [-0.3, -0.25) is 0 Å². The predicted molar refractivity (Wildman–Crippen MR) is 51.1 cm³/mol. The average Bonchev–Trinajstić information content (AvgIpc) is 2.06. The van der Waals surface area contributed by atoms with Crippen LogP contribution in [0.25, 0.3) is 0 Å². The Morgan fingerprint density at radius 3 is 2.25 bits per heavy atom. The molecule has 0 aliphatic carbocycles. The first-order chi connectivity index (χ1) is 7.38. The van der Waals surface area contributed by atoms with E-state index in [1.807, 2.05) is 0 Å². The summed E-state index contributed by atoms with van der Waals surface area (Å²) in [6.07, 6.45) is -4.12. The summed E-state index contributed by atoms with van der Waals surface area (Å²) in [5, 5.41) is 7.61. The van der Waals surface area contributed by atoms with E-state index >= 15 is 0 Å². The zero-order chi connectivity index (χ0) is 11.9. The van der Waals surface area contributed by atoms with Gasteiger partial charge >= 0.3 is 6.18 Å². The number of hydrogen-bond donors (Lipinski definition) is 0. The number of alkyl halides is 3. The Hall–Kier alpha value is -1.40. The molecule has 2 heterocycles. The smallest absolute Gasteiger partial charge is 0.338 e. The van der Waals surface area contributed by atoms with E-state index < -0.39 is 12.1 Å². The molecule has 0 N–H and O–H groups in total. The maximum Gasteiger partial charge on any atom is 0.395 e. The van der Waals surface area contributed by atoms with E-state index in [1.54, 1.807) is 13.8 Å². The van der Waals surface area contributed by atoms with Gasteiger partial charge in [-0.05, 0) is 13.8 Å². The molecule has 0 atom stereocenters. The molecule has 0 radical (unpaired) electrons. The Morgan fingerprint density at radius 2 is 1.75 bits per heavy atom. The van der Waals surface area contributed by atoms with E-state index in [0.29, 0.717) is 11.4 Å². The van der Waals surface area contributed by atoms with Crippen LogP contribution >= 0.6 is 0 Å². The van der Waals surface area contributed by atoms with Crippen molar-refractivity contribution in [1.29, 1.82) is 0 Å². The highest BCUT2D eigenvalue weighted by Crippen LogP contribution is 2.34. The lowest BCUT2D eigenvalue weighted by Gasteiger charge is -2.39. The molecule has 7 heteroatoms. The number of nitrogens with zero attached hydrogens (tertiary/aromatic N) is 4. The largest absolute Gasteiger partial charge is 0.395 e. The van der Waals surface area contributed by atoms with Crippen LogP contribution in [0, 0.1) is 19.8 Å². The van der Waals surface area contributed by atoms with E-state index in [9.17, 15) is 13.2 Å². The minimum absolute atomic E-state index is 0.0757. The monoisotopic (exact) mass is 232 g/mol. The highest BCUT2D eigenvalue weighted by molar-refractivity contribution is 5.34. The molecule has 1 aromatic heterocycles. The van der Waals surface area contributed by atoms with Gasteiger partial charge in [0.2, 0.25) is 5.95 Å². The number of anilines is 1. The number of hydrogen-bond acceptors (Lipinski definition) is 4. The van der Waals surface area contributed by atoms with Crippen LogP contribution in [0.1, 0.15) is 11.4 Å². The summed E-state index contributed by atoms with van der Waals surface area (Å²) >= 11 is 0. The summed E-state index contributed by atoms with van der Waals surface area (Å²) in [4.78, 5) is 5.58. The summed E-state index contributed by atoms with van der Waals surface area (Å²) < 4.78 is 36.8. The predicted octanol–water partition coefficient (Wildman–Crippen LogP) is 1.49. The minimum Gasteiger partial charge on any atom is -0.338 e. The Kier molecular flexibility index (Phi) is 2.47. The van der Waals surface area contributed by atoms with Crippen molar-refractivity contribution in [1.82, 2.24) is 15.2 Å². The number of rotatable bonds is 1. The number of halogens is 3. The van der Waals surface area contributed by atoms with Crippen molar-refractivity contribution in [3.05, 3.63) is 11.4 Å². The van der Waals surface area contributed by atoms with E-state index in [4.69, 9.17) is 0 Å². The summed E-state index contributed by atoms with van der Waals surface area (Å²) in [5.41, 5.74) is 1.39. The molecule has 2 rings (SSSR count). The fourth-order valence-electron chi connectivity index (χ4n) is 1.43. The van der Waals surface area contributed by atoms with Gasteiger partial charge in [0.05, 0.1) is 17.3 Å². The van der Waals surface area contributed by atoms with Crippen molar-refractivity contribution in [2.45, 2.75) is 20.0 Å². The Morgan fingerprint density at radius 1 is 1.12 bits per heavy atom. The van der Waals surface area contributed by atoms with Crippen LogP contribution in [0.2, 0.25) is 0 Å². The molecule has 1 fully saturated rings. The second-order valence-corrected chi connectivity index (χ2v) is 3.93. The van der Waals surface area contributed by atoms with Crippen molar-refractivity contribution in [2.75, 3.05) is 18.0 Å². The lowest BCUT2D eigenvalue weighted by atomic mass is 10.0. The highest BCUT2D eigenvalue weighted by Gasteiger charge is 2.48. The quantitative estimate of drug-likeness (QED) is 0.735. The first kappa shape index (κ1) is 11.1. The molecule has 1 aliphatic heterocycles. The van der Waals surface area contributed by atoms with Gasteiger partial charge in [0.1, 0.15) is 0 Å². The Balaban J connectivity index is 2.04. The van der Waals surface area contributed by atoms with Crippen LogP contribution in [0.15, 0.2) is 0 Å². The molecular formula is C9H11F3N4. The van der Waals surface area contributed by atoms with Gasteiger partial charge in [-0.25, -0.2) is 4.98 Å². The van der Waals surface area contributed by atoms with Crippen molar-refractivity contribution >= 4 is 5.95 Å². The lowest BCUT2D eigenvalue weighted by Crippen LogP contribution is -2.54. The molecule has 1 aromatic rings. The number of aryl methyl sites for hydroxylation is 2. The average molecular weight is 232 g/mol. The second kappa shape index (κ2) is 3.57. The van der Waals surface area contributed by atoms with Gasteiger partial charge in [-0.2, -0.15) is 18.3 Å². The standard InChI is InChI=1S/C9H11F3N4/c1-5-6(2)14-15-8(13-5)16-3-7(4-16)9(10,11)12/h7H,3-4H2,1-2H3. The van der Waals surface area contributed by atoms with E-state index in [1.165, 1.54) is 4.90 Å². The van der Waals surface area contributed by atoms with Crippen LogP contribution in [0.4, 0.5) is 19.1 Å². The zero-order valence-electron chi connectivity index (χ0n) is 8.91.